The zero-order chi connectivity index (χ0) is 16.7. The van der Waals surface area contributed by atoms with Gasteiger partial charge in [0.05, 0.1) is 11.4 Å². The molecule has 0 radical (unpaired) electrons. The number of hydrogen-bond acceptors (Lipinski definition) is 3. The van der Waals surface area contributed by atoms with E-state index in [-0.39, 0.29) is 28.9 Å². The van der Waals surface area contributed by atoms with Crippen LogP contribution in [0.2, 0.25) is 0 Å². The van der Waals surface area contributed by atoms with Crippen molar-refractivity contribution >= 4 is 40.0 Å². The highest BCUT2D eigenvalue weighted by atomic mass is 127. The van der Waals surface area contributed by atoms with Crippen molar-refractivity contribution < 1.29 is 8.42 Å². The topological polar surface area (TPSA) is 82.6 Å². The number of guanidine groups is 1. The van der Waals surface area contributed by atoms with E-state index in [2.05, 4.69) is 32.5 Å². The minimum Gasteiger partial charge on any atom is -0.357 e. The monoisotopic (exact) mass is 464 g/mol. The summed E-state index contributed by atoms with van der Waals surface area (Å²) < 4.78 is 26.0. The third-order valence-corrected chi connectivity index (χ3v) is 5.00. The fourth-order valence-corrected chi connectivity index (χ4v) is 3.15. The van der Waals surface area contributed by atoms with Crippen molar-refractivity contribution in [3.8, 4) is 0 Å². The molecule has 6 nitrogen and oxygen atoms in total. The molecule has 0 amide bonds. The summed E-state index contributed by atoms with van der Waals surface area (Å²) in [6.07, 6.45) is 6.32. The molecule has 1 aliphatic carbocycles. The molecule has 134 valence electrons. The standard InChI is InChI=1S/C16H24N4O2S.HI/c1-3-18-16(20-14-8-4-5-9-14)19-12-13-7-6-10-15(11-13)23(21,22)17-2;/h4-7,10-11,14,17H,3,8-9,12H2,1-2H3,(H2,18,19,20);1H. The Labute approximate surface area is 161 Å². The molecule has 1 aliphatic rings. The van der Waals surface area contributed by atoms with E-state index in [9.17, 15) is 8.42 Å². The Hall–Kier alpha value is -1.13. The Morgan fingerprint density at radius 1 is 1.29 bits per heavy atom. The van der Waals surface area contributed by atoms with Crippen molar-refractivity contribution in [3.05, 3.63) is 42.0 Å². The number of halogens is 1. The van der Waals surface area contributed by atoms with E-state index in [4.69, 9.17) is 0 Å². The maximum Gasteiger partial charge on any atom is 0.240 e. The molecule has 0 saturated carbocycles. The third-order valence-electron chi connectivity index (χ3n) is 3.59. The average molecular weight is 464 g/mol. The molecular weight excluding hydrogens is 439 g/mol. The molecule has 1 aromatic rings. The normalized spacial score (nSPS) is 15.2. The molecular formula is C16H25IN4O2S. The molecule has 0 heterocycles. The van der Waals surface area contributed by atoms with Crippen LogP contribution in [-0.4, -0.2) is 34.0 Å². The summed E-state index contributed by atoms with van der Waals surface area (Å²) in [6, 6.07) is 7.21. The summed E-state index contributed by atoms with van der Waals surface area (Å²) in [5, 5.41) is 6.61. The molecule has 0 aliphatic heterocycles. The Morgan fingerprint density at radius 3 is 2.62 bits per heavy atom. The molecule has 0 unspecified atom stereocenters. The van der Waals surface area contributed by atoms with Gasteiger partial charge in [-0.2, -0.15) is 0 Å². The van der Waals surface area contributed by atoms with Crippen LogP contribution in [0.15, 0.2) is 46.3 Å². The molecule has 0 aromatic heterocycles. The molecule has 3 N–H and O–H groups in total. The maximum absolute atomic E-state index is 11.8. The Morgan fingerprint density at radius 2 is 2.00 bits per heavy atom. The first-order valence-electron chi connectivity index (χ1n) is 7.77. The highest BCUT2D eigenvalue weighted by molar-refractivity contribution is 14.0. The van der Waals surface area contributed by atoms with Crippen molar-refractivity contribution in [2.24, 2.45) is 4.99 Å². The molecule has 0 atom stereocenters. The summed E-state index contributed by atoms with van der Waals surface area (Å²) in [4.78, 5) is 4.80. The van der Waals surface area contributed by atoms with E-state index in [1.807, 2.05) is 13.0 Å². The van der Waals surface area contributed by atoms with Crippen molar-refractivity contribution in [3.63, 3.8) is 0 Å². The molecule has 2 rings (SSSR count). The van der Waals surface area contributed by atoms with Crippen molar-refractivity contribution in [2.75, 3.05) is 13.6 Å². The number of hydrogen-bond donors (Lipinski definition) is 3. The van der Waals surface area contributed by atoms with Crippen LogP contribution in [0, 0.1) is 0 Å². The lowest BCUT2D eigenvalue weighted by molar-refractivity contribution is 0.588. The van der Waals surface area contributed by atoms with Crippen LogP contribution in [-0.2, 0) is 16.6 Å². The van der Waals surface area contributed by atoms with Crippen LogP contribution in [0.3, 0.4) is 0 Å². The largest absolute Gasteiger partial charge is 0.357 e. The highest BCUT2D eigenvalue weighted by Gasteiger charge is 2.13. The third kappa shape index (κ3) is 6.06. The Balaban J connectivity index is 0.00000288. The predicted octanol–water partition coefficient (Wildman–Crippen LogP) is 1.99. The molecule has 0 spiro atoms. The summed E-state index contributed by atoms with van der Waals surface area (Å²) >= 11 is 0. The number of rotatable bonds is 6. The fraction of sp³-hybridized carbons (Fsp3) is 0.438. The second-order valence-corrected chi connectivity index (χ2v) is 7.22. The highest BCUT2D eigenvalue weighted by Crippen LogP contribution is 2.12. The Kier molecular flexibility index (Phi) is 8.71. The van der Waals surface area contributed by atoms with E-state index < -0.39 is 10.0 Å². The van der Waals surface area contributed by atoms with E-state index in [0.29, 0.717) is 12.6 Å². The first-order chi connectivity index (χ1) is 11.0. The summed E-state index contributed by atoms with van der Waals surface area (Å²) in [5.74, 6) is 0.753. The summed E-state index contributed by atoms with van der Waals surface area (Å²) in [5.41, 5.74) is 0.850. The van der Waals surface area contributed by atoms with Crippen LogP contribution >= 0.6 is 24.0 Å². The molecule has 0 bridgehead atoms. The lowest BCUT2D eigenvalue weighted by atomic mass is 10.2. The van der Waals surface area contributed by atoms with Gasteiger partial charge in [-0.1, -0.05) is 24.3 Å². The average Bonchev–Trinajstić information content (AvgIpc) is 3.06. The van der Waals surface area contributed by atoms with Crippen molar-refractivity contribution in [2.45, 2.75) is 37.2 Å². The lowest BCUT2D eigenvalue weighted by Gasteiger charge is -2.16. The first kappa shape index (κ1) is 20.9. The smallest absolute Gasteiger partial charge is 0.240 e. The minimum atomic E-state index is -3.43. The summed E-state index contributed by atoms with van der Waals surface area (Å²) in [6.45, 7) is 3.22. The number of aliphatic imine (C=N–C) groups is 1. The maximum atomic E-state index is 11.8. The van der Waals surface area contributed by atoms with Crippen molar-refractivity contribution in [1.82, 2.24) is 15.4 Å². The second-order valence-electron chi connectivity index (χ2n) is 5.33. The quantitative estimate of drug-likeness (QED) is 0.260. The lowest BCUT2D eigenvalue weighted by Crippen LogP contribution is -2.42. The van der Waals surface area contributed by atoms with Crippen molar-refractivity contribution in [1.29, 1.82) is 0 Å². The van der Waals surface area contributed by atoms with Crippen LogP contribution < -0.4 is 15.4 Å². The SMILES string of the molecule is CCNC(=NCc1cccc(S(=O)(=O)NC)c1)NC1CC=CC1.I. The van der Waals surface area contributed by atoms with E-state index in [1.54, 1.807) is 18.2 Å². The van der Waals surface area contributed by atoms with Gasteiger partial charge in [0.1, 0.15) is 0 Å². The second kappa shape index (κ2) is 10.00. The van der Waals surface area contributed by atoms with Gasteiger partial charge in [0, 0.05) is 12.6 Å². The van der Waals surface area contributed by atoms with Crippen LogP contribution in [0.4, 0.5) is 0 Å². The van der Waals surface area contributed by atoms with Gasteiger partial charge in [-0.3, -0.25) is 0 Å². The molecule has 8 heteroatoms. The van der Waals surface area contributed by atoms with Gasteiger partial charge >= 0.3 is 0 Å². The van der Waals surface area contributed by atoms with Gasteiger partial charge in [-0.25, -0.2) is 18.1 Å². The van der Waals surface area contributed by atoms with Gasteiger partial charge in [-0.05, 0) is 44.5 Å². The number of nitrogens with one attached hydrogen (secondary N) is 3. The number of sulfonamides is 1. The molecule has 0 saturated heterocycles. The summed E-state index contributed by atoms with van der Waals surface area (Å²) in [7, 11) is -2.02. The van der Waals surface area contributed by atoms with Gasteiger partial charge in [0.2, 0.25) is 10.0 Å². The molecule has 1 aromatic carbocycles. The van der Waals surface area contributed by atoms with Crippen LogP contribution in [0.25, 0.3) is 0 Å². The van der Waals surface area contributed by atoms with Gasteiger partial charge in [-0.15, -0.1) is 24.0 Å². The number of nitrogens with zero attached hydrogens (tertiary/aromatic N) is 1. The predicted molar refractivity (Wildman–Crippen MR) is 108 cm³/mol. The van der Waals surface area contributed by atoms with Crippen LogP contribution in [0.1, 0.15) is 25.3 Å². The molecule has 24 heavy (non-hydrogen) atoms. The van der Waals surface area contributed by atoms with Gasteiger partial charge in [0.25, 0.3) is 0 Å². The first-order valence-corrected chi connectivity index (χ1v) is 9.26. The number of benzene rings is 1. The zero-order valence-corrected chi connectivity index (χ0v) is 17.1. The van der Waals surface area contributed by atoms with Gasteiger partial charge in [0.15, 0.2) is 5.96 Å². The Bertz CT molecular complexity index is 681. The molecule has 0 fully saturated rings. The van der Waals surface area contributed by atoms with E-state index in [1.165, 1.54) is 7.05 Å². The zero-order valence-electron chi connectivity index (χ0n) is 14.0. The van der Waals surface area contributed by atoms with Crippen LogP contribution in [0.5, 0.6) is 0 Å². The van der Waals surface area contributed by atoms with E-state index >= 15 is 0 Å². The van der Waals surface area contributed by atoms with E-state index in [0.717, 1.165) is 30.9 Å². The van der Waals surface area contributed by atoms with Gasteiger partial charge < -0.3 is 10.6 Å². The fourth-order valence-electron chi connectivity index (χ4n) is 2.35. The minimum absolute atomic E-state index is 0.